The van der Waals surface area contributed by atoms with Crippen molar-refractivity contribution in [1.29, 1.82) is 0 Å². The maximum absolute atomic E-state index is 3.77. The minimum atomic E-state index is 0.309. The lowest BCUT2D eigenvalue weighted by molar-refractivity contribution is 0.297. The average Bonchev–Trinajstić information content (AvgIpc) is 2.23. The molecule has 0 nitrogen and oxygen atoms in total. The molecule has 0 radical (unpaired) electrons. The fraction of sp³-hybridized carbons (Fsp3) is 1.00. The fourth-order valence-corrected chi connectivity index (χ4v) is 4.35. The van der Waals surface area contributed by atoms with E-state index in [4.69, 9.17) is 0 Å². The van der Waals surface area contributed by atoms with Crippen LogP contribution in [0.3, 0.4) is 0 Å². The van der Waals surface area contributed by atoms with E-state index in [1.807, 2.05) is 0 Å². The molecule has 2 atom stereocenters. The number of alkyl halides is 4. The van der Waals surface area contributed by atoms with Gasteiger partial charge in [-0.2, -0.15) is 0 Å². The van der Waals surface area contributed by atoms with Gasteiger partial charge in [0.25, 0.3) is 0 Å². The normalized spacial score (nSPS) is 20.1. The van der Waals surface area contributed by atoms with E-state index in [-0.39, 0.29) is 0 Å². The van der Waals surface area contributed by atoms with Gasteiger partial charge in [0.15, 0.2) is 0 Å². The van der Waals surface area contributed by atoms with E-state index in [1.165, 1.54) is 19.3 Å². The van der Waals surface area contributed by atoms with Crippen LogP contribution in [0.5, 0.6) is 0 Å². The summed E-state index contributed by atoms with van der Waals surface area (Å²) in [5.41, 5.74) is 0.309. The Morgan fingerprint density at radius 1 is 1.07 bits per heavy atom. The van der Waals surface area contributed by atoms with Crippen LogP contribution in [-0.2, 0) is 0 Å². The molecule has 0 heterocycles. The number of rotatable bonds is 7. The quantitative estimate of drug-likeness (QED) is 0.443. The Labute approximate surface area is 121 Å². The second-order valence-electron chi connectivity index (χ2n) is 3.85. The molecule has 0 aromatic heterocycles. The zero-order valence-corrected chi connectivity index (χ0v) is 15.0. The first kappa shape index (κ1) is 15.9. The molecule has 86 valence electrons. The Kier molecular flexibility index (Phi) is 9.18. The lowest BCUT2D eigenvalue weighted by atomic mass is 9.80. The summed E-state index contributed by atoms with van der Waals surface area (Å²) in [6.07, 6.45) is 3.81. The molecule has 0 aliphatic rings. The van der Waals surface area contributed by atoms with Gasteiger partial charge in [-0.25, -0.2) is 0 Å². The molecule has 0 fully saturated rings. The van der Waals surface area contributed by atoms with Crippen molar-refractivity contribution in [2.45, 2.75) is 42.8 Å². The molecule has 0 rings (SSSR count). The van der Waals surface area contributed by atoms with Crippen LogP contribution >= 0.6 is 63.7 Å². The highest BCUT2D eigenvalue weighted by Crippen LogP contribution is 2.41. The molecule has 0 spiro atoms. The van der Waals surface area contributed by atoms with Crippen molar-refractivity contribution in [2.24, 2.45) is 5.41 Å². The molecule has 0 aromatic rings. The van der Waals surface area contributed by atoms with Crippen molar-refractivity contribution in [1.82, 2.24) is 0 Å². The minimum Gasteiger partial charge on any atom is -0.0916 e. The average molecular weight is 458 g/mol. The maximum atomic E-state index is 3.77. The van der Waals surface area contributed by atoms with Crippen molar-refractivity contribution in [3.05, 3.63) is 0 Å². The van der Waals surface area contributed by atoms with Crippen LogP contribution in [-0.4, -0.2) is 20.3 Å². The molecule has 0 aromatic carbocycles. The van der Waals surface area contributed by atoms with Crippen molar-refractivity contribution in [2.75, 3.05) is 10.7 Å². The SMILES string of the molecule is CCCCC(C)(C(Br)CBr)C(Br)CBr. The lowest BCUT2D eigenvalue weighted by Crippen LogP contribution is -2.38. The van der Waals surface area contributed by atoms with Gasteiger partial charge in [0.2, 0.25) is 0 Å². The van der Waals surface area contributed by atoms with E-state index >= 15 is 0 Å². The monoisotopic (exact) mass is 454 g/mol. The van der Waals surface area contributed by atoms with Crippen LogP contribution < -0.4 is 0 Å². The zero-order chi connectivity index (χ0) is 11.2. The summed E-state index contributed by atoms with van der Waals surface area (Å²) >= 11 is 14.7. The second kappa shape index (κ2) is 8.08. The first-order chi connectivity index (χ1) is 6.52. The van der Waals surface area contributed by atoms with Crippen LogP contribution in [0.4, 0.5) is 0 Å². The summed E-state index contributed by atoms with van der Waals surface area (Å²) in [5.74, 6) is 0. The maximum Gasteiger partial charge on any atom is 0.0307 e. The number of hydrogen-bond acceptors (Lipinski definition) is 0. The number of unbranched alkanes of at least 4 members (excludes halogenated alkanes) is 1. The van der Waals surface area contributed by atoms with Crippen LogP contribution in [0.1, 0.15) is 33.1 Å². The summed E-state index contributed by atoms with van der Waals surface area (Å²) in [4.78, 5) is 1.03. The smallest absolute Gasteiger partial charge is 0.0307 e. The molecule has 0 saturated carbocycles. The topological polar surface area (TPSA) is 0 Å². The lowest BCUT2D eigenvalue weighted by Gasteiger charge is -2.37. The largest absolute Gasteiger partial charge is 0.0916 e. The third kappa shape index (κ3) is 4.42. The van der Waals surface area contributed by atoms with E-state index in [0.717, 1.165) is 10.7 Å². The molecule has 0 saturated heterocycles. The molecule has 4 heteroatoms. The number of halogens is 4. The van der Waals surface area contributed by atoms with Gasteiger partial charge >= 0.3 is 0 Å². The summed E-state index contributed by atoms with van der Waals surface area (Å²) in [6.45, 7) is 4.60. The Bertz CT molecular complexity index is 139. The van der Waals surface area contributed by atoms with Gasteiger partial charge in [-0.15, -0.1) is 0 Å². The van der Waals surface area contributed by atoms with Crippen LogP contribution in [0, 0.1) is 5.41 Å². The summed E-state index contributed by atoms with van der Waals surface area (Å²) in [6, 6.07) is 0. The van der Waals surface area contributed by atoms with Crippen LogP contribution in [0.2, 0.25) is 0 Å². The molecular weight excluding hydrogens is 440 g/mol. The highest BCUT2D eigenvalue weighted by molar-refractivity contribution is 9.12. The van der Waals surface area contributed by atoms with E-state index in [1.54, 1.807) is 0 Å². The molecule has 2 unspecified atom stereocenters. The van der Waals surface area contributed by atoms with Crippen molar-refractivity contribution in [3.63, 3.8) is 0 Å². The Morgan fingerprint density at radius 2 is 1.50 bits per heavy atom. The first-order valence-corrected chi connectivity index (χ1v) is 9.00. The van der Waals surface area contributed by atoms with E-state index in [2.05, 4.69) is 77.6 Å². The molecule has 0 bridgehead atoms. The van der Waals surface area contributed by atoms with Crippen LogP contribution in [0.15, 0.2) is 0 Å². The predicted molar refractivity (Wildman–Crippen MR) is 80.7 cm³/mol. The van der Waals surface area contributed by atoms with E-state index in [9.17, 15) is 0 Å². The molecular formula is C10H18Br4. The zero-order valence-electron chi connectivity index (χ0n) is 8.70. The van der Waals surface area contributed by atoms with Gasteiger partial charge in [0.05, 0.1) is 0 Å². The second-order valence-corrected chi connectivity index (χ2v) is 7.36. The van der Waals surface area contributed by atoms with Crippen molar-refractivity contribution < 1.29 is 0 Å². The number of hydrogen-bond donors (Lipinski definition) is 0. The van der Waals surface area contributed by atoms with Gasteiger partial charge in [-0.1, -0.05) is 90.4 Å². The van der Waals surface area contributed by atoms with E-state index in [0.29, 0.717) is 15.1 Å². The van der Waals surface area contributed by atoms with Gasteiger partial charge in [0, 0.05) is 20.3 Å². The molecule has 0 aliphatic carbocycles. The molecule has 14 heavy (non-hydrogen) atoms. The van der Waals surface area contributed by atoms with Crippen molar-refractivity contribution >= 4 is 63.7 Å². The molecule has 0 amide bonds. The summed E-state index contributed by atoms with van der Waals surface area (Å²) in [5, 5.41) is 2.00. The van der Waals surface area contributed by atoms with Gasteiger partial charge < -0.3 is 0 Å². The Balaban J connectivity index is 4.47. The highest BCUT2D eigenvalue weighted by Gasteiger charge is 2.37. The minimum absolute atomic E-state index is 0.309. The van der Waals surface area contributed by atoms with Gasteiger partial charge in [0.1, 0.15) is 0 Å². The van der Waals surface area contributed by atoms with Crippen molar-refractivity contribution in [3.8, 4) is 0 Å². The highest BCUT2D eigenvalue weighted by atomic mass is 79.9. The Hall–Kier alpha value is 1.92. The predicted octanol–water partition coefficient (Wildman–Crippen LogP) is 5.50. The molecule has 0 N–H and O–H groups in total. The Morgan fingerprint density at radius 3 is 1.79 bits per heavy atom. The summed E-state index contributed by atoms with van der Waals surface area (Å²) < 4.78 is 0. The standard InChI is InChI=1S/C10H18Br4/c1-3-4-5-10(2,8(13)6-11)9(14)7-12/h8-9H,3-7H2,1-2H3. The molecule has 0 aliphatic heterocycles. The third-order valence-corrected chi connectivity index (χ3v) is 8.54. The third-order valence-electron chi connectivity index (χ3n) is 2.77. The van der Waals surface area contributed by atoms with E-state index < -0.39 is 0 Å². The first-order valence-electron chi connectivity index (χ1n) is 4.93. The summed E-state index contributed by atoms with van der Waals surface area (Å²) in [7, 11) is 0. The van der Waals surface area contributed by atoms with Gasteiger partial charge in [-0.3, -0.25) is 0 Å². The fourth-order valence-electron chi connectivity index (χ4n) is 1.42. The van der Waals surface area contributed by atoms with Crippen LogP contribution in [0.25, 0.3) is 0 Å². The van der Waals surface area contributed by atoms with Gasteiger partial charge in [-0.05, 0) is 11.8 Å².